The molecule has 1 amide bonds. The number of carbonyl (C=O) groups excluding carboxylic acids is 1. The largest absolute Gasteiger partial charge is 0.478 e. The Morgan fingerprint density at radius 2 is 1.85 bits per heavy atom. The van der Waals surface area contributed by atoms with Crippen LogP contribution in [-0.4, -0.2) is 64.0 Å². The Hall–Kier alpha value is -1.95. The number of rotatable bonds is 2. The highest BCUT2D eigenvalue weighted by Gasteiger charge is 2.30. The number of pyridine rings is 1. The highest BCUT2D eigenvalue weighted by atomic mass is 16.4. The molecule has 2 unspecified atom stereocenters. The van der Waals surface area contributed by atoms with E-state index in [1.165, 1.54) is 18.3 Å². The monoisotopic (exact) mass is 277 g/mol. The van der Waals surface area contributed by atoms with E-state index in [4.69, 9.17) is 5.11 Å². The van der Waals surface area contributed by atoms with Crippen LogP contribution in [-0.2, 0) is 0 Å². The predicted molar refractivity (Wildman–Crippen MR) is 73.8 cm³/mol. The molecule has 1 aliphatic rings. The van der Waals surface area contributed by atoms with Gasteiger partial charge in [-0.25, -0.2) is 4.79 Å². The maximum atomic E-state index is 12.4. The van der Waals surface area contributed by atoms with Gasteiger partial charge >= 0.3 is 5.97 Å². The number of carbonyl (C=O) groups is 2. The number of aromatic nitrogens is 1. The lowest BCUT2D eigenvalue weighted by Crippen LogP contribution is -2.56. The first kappa shape index (κ1) is 14.5. The van der Waals surface area contributed by atoms with Crippen molar-refractivity contribution >= 4 is 11.9 Å². The maximum absolute atomic E-state index is 12.4. The molecule has 2 heterocycles. The number of likely N-dealkylation sites (N-methyl/N-ethyl adjacent to an activating group) is 1. The van der Waals surface area contributed by atoms with Crippen LogP contribution in [0.15, 0.2) is 18.3 Å². The van der Waals surface area contributed by atoms with Gasteiger partial charge in [0.1, 0.15) is 5.69 Å². The van der Waals surface area contributed by atoms with Crippen molar-refractivity contribution in [1.82, 2.24) is 14.8 Å². The molecule has 0 radical (unpaired) electrons. The third-order valence-electron chi connectivity index (χ3n) is 3.88. The van der Waals surface area contributed by atoms with Crippen LogP contribution in [0.1, 0.15) is 34.7 Å². The van der Waals surface area contributed by atoms with E-state index in [1.807, 2.05) is 0 Å². The molecule has 1 saturated heterocycles. The molecule has 1 fully saturated rings. The van der Waals surface area contributed by atoms with Gasteiger partial charge in [-0.15, -0.1) is 0 Å². The fraction of sp³-hybridized carbons (Fsp3) is 0.500. The van der Waals surface area contributed by atoms with Gasteiger partial charge in [-0.1, -0.05) is 0 Å². The van der Waals surface area contributed by atoms with E-state index in [0.717, 1.165) is 0 Å². The summed E-state index contributed by atoms with van der Waals surface area (Å²) in [6.07, 6.45) is 1.22. The molecular weight excluding hydrogens is 258 g/mol. The molecule has 0 aliphatic carbocycles. The Morgan fingerprint density at radius 1 is 1.25 bits per heavy atom. The molecule has 6 heteroatoms. The zero-order chi connectivity index (χ0) is 14.9. The second-order valence-electron chi connectivity index (χ2n) is 5.31. The second-order valence-corrected chi connectivity index (χ2v) is 5.31. The Morgan fingerprint density at radius 3 is 2.30 bits per heavy atom. The third-order valence-corrected chi connectivity index (χ3v) is 3.88. The Labute approximate surface area is 118 Å². The number of hydrogen-bond acceptors (Lipinski definition) is 4. The highest BCUT2D eigenvalue weighted by molar-refractivity contribution is 5.93. The van der Waals surface area contributed by atoms with Crippen LogP contribution in [0.5, 0.6) is 0 Å². The molecule has 1 aliphatic heterocycles. The van der Waals surface area contributed by atoms with Crippen molar-refractivity contribution in [3.8, 4) is 0 Å². The number of carboxylic acids is 1. The van der Waals surface area contributed by atoms with Crippen molar-refractivity contribution in [2.75, 3.05) is 20.1 Å². The van der Waals surface area contributed by atoms with Gasteiger partial charge in [0.2, 0.25) is 0 Å². The van der Waals surface area contributed by atoms with Crippen molar-refractivity contribution in [1.29, 1.82) is 0 Å². The second kappa shape index (κ2) is 5.58. The number of amides is 1. The molecule has 1 aromatic rings. The minimum absolute atomic E-state index is 0.0849. The minimum Gasteiger partial charge on any atom is -0.478 e. The van der Waals surface area contributed by atoms with E-state index < -0.39 is 5.97 Å². The number of nitrogens with zero attached hydrogens (tertiary/aromatic N) is 3. The standard InChI is InChI=1S/C14H19N3O3/c1-9-7-17(8-10(2)16(9)3)13(18)12-5-4-11(6-15-12)14(19)20/h4-6,9-10H,7-8H2,1-3H3,(H,19,20). The summed E-state index contributed by atoms with van der Waals surface area (Å²) in [5.74, 6) is -1.19. The van der Waals surface area contributed by atoms with Crippen molar-refractivity contribution in [2.45, 2.75) is 25.9 Å². The van der Waals surface area contributed by atoms with Gasteiger partial charge in [0.15, 0.2) is 0 Å². The van der Waals surface area contributed by atoms with E-state index >= 15 is 0 Å². The van der Waals surface area contributed by atoms with Crippen molar-refractivity contribution in [2.24, 2.45) is 0 Å². The molecule has 108 valence electrons. The van der Waals surface area contributed by atoms with Crippen molar-refractivity contribution < 1.29 is 14.7 Å². The number of hydrogen-bond donors (Lipinski definition) is 1. The van der Waals surface area contributed by atoms with Crippen LogP contribution in [0.3, 0.4) is 0 Å². The summed E-state index contributed by atoms with van der Waals surface area (Å²) in [7, 11) is 2.05. The quantitative estimate of drug-likeness (QED) is 0.871. The molecule has 2 rings (SSSR count). The van der Waals surface area contributed by atoms with Gasteiger partial charge in [0, 0.05) is 31.4 Å². The summed E-state index contributed by atoms with van der Waals surface area (Å²) in [5.41, 5.74) is 0.376. The van der Waals surface area contributed by atoms with Crippen molar-refractivity contribution in [3.63, 3.8) is 0 Å². The molecule has 0 aromatic carbocycles. The summed E-state index contributed by atoms with van der Waals surface area (Å²) in [6.45, 7) is 5.47. The van der Waals surface area contributed by atoms with Gasteiger partial charge in [-0.05, 0) is 33.0 Å². The Bertz CT molecular complexity index is 503. The van der Waals surface area contributed by atoms with Crippen LogP contribution in [0.4, 0.5) is 0 Å². The third kappa shape index (κ3) is 2.80. The average Bonchev–Trinajstić information content (AvgIpc) is 2.43. The Kier molecular flexibility index (Phi) is 4.04. The van der Waals surface area contributed by atoms with Gasteiger partial charge in [0.05, 0.1) is 5.56 Å². The van der Waals surface area contributed by atoms with E-state index in [1.54, 1.807) is 4.90 Å². The summed E-state index contributed by atoms with van der Waals surface area (Å²) < 4.78 is 0. The van der Waals surface area contributed by atoms with Crippen LogP contribution in [0, 0.1) is 0 Å². The lowest BCUT2D eigenvalue weighted by Gasteiger charge is -2.42. The SMILES string of the molecule is CC1CN(C(=O)c2ccc(C(=O)O)cn2)CC(C)N1C. The molecule has 0 saturated carbocycles. The predicted octanol–water partition coefficient (Wildman–Crippen LogP) is 0.944. The number of carboxylic acid groups (broad SMARTS) is 1. The summed E-state index contributed by atoms with van der Waals surface area (Å²) in [4.78, 5) is 31.1. The highest BCUT2D eigenvalue weighted by Crippen LogP contribution is 2.15. The molecular formula is C14H19N3O3. The zero-order valence-electron chi connectivity index (χ0n) is 11.9. The Balaban J connectivity index is 2.13. The summed E-state index contributed by atoms with van der Waals surface area (Å²) in [5, 5.41) is 8.82. The summed E-state index contributed by atoms with van der Waals surface area (Å²) in [6, 6.07) is 3.47. The van der Waals surface area contributed by atoms with Gasteiger partial charge in [-0.2, -0.15) is 0 Å². The van der Waals surface area contributed by atoms with Crippen LogP contribution in [0.2, 0.25) is 0 Å². The van der Waals surface area contributed by atoms with Gasteiger partial charge in [-0.3, -0.25) is 14.7 Å². The van der Waals surface area contributed by atoms with Crippen molar-refractivity contribution in [3.05, 3.63) is 29.6 Å². The smallest absolute Gasteiger partial charge is 0.337 e. The first-order valence-corrected chi connectivity index (χ1v) is 6.60. The maximum Gasteiger partial charge on any atom is 0.337 e. The van der Waals surface area contributed by atoms with E-state index in [0.29, 0.717) is 30.9 Å². The fourth-order valence-electron chi connectivity index (χ4n) is 2.38. The van der Waals surface area contributed by atoms with E-state index in [2.05, 4.69) is 30.8 Å². The normalized spacial score (nSPS) is 23.6. The molecule has 1 N–H and O–H groups in total. The summed E-state index contributed by atoms with van der Waals surface area (Å²) >= 11 is 0. The molecule has 1 aromatic heterocycles. The van der Waals surface area contributed by atoms with Crippen LogP contribution in [0.25, 0.3) is 0 Å². The first-order chi connectivity index (χ1) is 9.40. The molecule has 2 atom stereocenters. The topological polar surface area (TPSA) is 73.7 Å². The molecule has 6 nitrogen and oxygen atoms in total. The van der Waals surface area contributed by atoms with E-state index in [9.17, 15) is 9.59 Å². The lowest BCUT2D eigenvalue weighted by atomic mass is 10.1. The average molecular weight is 277 g/mol. The van der Waals surface area contributed by atoms with Crippen LogP contribution >= 0.6 is 0 Å². The number of piperazine rings is 1. The van der Waals surface area contributed by atoms with Crippen LogP contribution < -0.4 is 0 Å². The molecule has 20 heavy (non-hydrogen) atoms. The van der Waals surface area contributed by atoms with Gasteiger partial charge in [0.25, 0.3) is 5.91 Å². The number of aromatic carboxylic acids is 1. The van der Waals surface area contributed by atoms with E-state index in [-0.39, 0.29) is 11.5 Å². The first-order valence-electron chi connectivity index (χ1n) is 6.60. The lowest BCUT2D eigenvalue weighted by molar-refractivity contribution is 0.0409. The molecule has 0 spiro atoms. The fourth-order valence-corrected chi connectivity index (χ4v) is 2.38. The molecule has 0 bridgehead atoms. The minimum atomic E-state index is -1.04. The van der Waals surface area contributed by atoms with Gasteiger partial charge < -0.3 is 10.0 Å². The zero-order valence-corrected chi connectivity index (χ0v) is 11.9.